The molecule has 1 aliphatic heterocycles. The van der Waals surface area contributed by atoms with Gasteiger partial charge in [-0.1, -0.05) is 56.7 Å². The fourth-order valence-electron chi connectivity index (χ4n) is 3.77. The molecule has 0 spiro atoms. The van der Waals surface area contributed by atoms with E-state index in [-0.39, 0.29) is 12.0 Å². The molecule has 7 nitrogen and oxygen atoms in total. The van der Waals surface area contributed by atoms with Crippen molar-refractivity contribution < 1.29 is 35.0 Å². The molecule has 0 saturated carbocycles. The van der Waals surface area contributed by atoms with Gasteiger partial charge in [0.25, 0.3) is 0 Å². The van der Waals surface area contributed by atoms with Crippen molar-refractivity contribution in [2.45, 2.75) is 109 Å². The minimum absolute atomic E-state index is 0.0957. The maximum absolute atomic E-state index is 10.0. The van der Waals surface area contributed by atoms with Gasteiger partial charge in [-0.2, -0.15) is 0 Å². The van der Waals surface area contributed by atoms with E-state index in [1.165, 1.54) is 18.4 Å². The van der Waals surface area contributed by atoms with Gasteiger partial charge in [-0.3, -0.25) is 0 Å². The normalized spacial score (nSPS) is 28.2. The standard InChI is InChI=1S/C26H46O7/c1-19(17-26(2,3)4)13-11-9-7-5-6-8-10-12-14-20(28)15-16-32-25-24(31)23(30)22(29)21(18-27)33-25/h5-6,12,14,17,20-25,27-31H,7-11,13,15-16,18H2,1-4H3/b6-5?,14-12+,19-17+/t20-,21?,22-,23+,24?,25-/m1/s1. The Hall–Kier alpha value is -1.06. The van der Waals surface area contributed by atoms with Crippen molar-refractivity contribution >= 4 is 0 Å². The minimum atomic E-state index is -1.46. The second-order valence-electron chi connectivity index (χ2n) is 10.0. The van der Waals surface area contributed by atoms with Gasteiger partial charge in [-0.15, -0.1) is 0 Å². The summed E-state index contributed by atoms with van der Waals surface area (Å²) in [5, 5.41) is 48.6. The van der Waals surface area contributed by atoms with E-state index in [4.69, 9.17) is 9.47 Å². The summed E-state index contributed by atoms with van der Waals surface area (Å²) >= 11 is 0. The highest BCUT2D eigenvalue weighted by Gasteiger charge is 2.43. The molecule has 5 N–H and O–H groups in total. The summed E-state index contributed by atoms with van der Waals surface area (Å²) in [4.78, 5) is 0. The molecule has 0 radical (unpaired) electrons. The SMILES string of the molecule is C/C(=C\C(C)(C)C)CCCCC=CCC/C=C/[C@@H](O)CCO[C@@H]1OC(CO)[C@@H](O)[C@H](O)C1O. The molecule has 0 aliphatic carbocycles. The van der Waals surface area contributed by atoms with Crippen LogP contribution in [0.5, 0.6) is 0 Å². The number of ether oxygens (including phenoxy) is 2. The molecule has 0 aromatic rings. The van der Waals surface area contributed by atoms with E-state index in [1.54, 1.807) is 6.08 Å². The summed E-state index contributed by atoms with van der Waals surface area (Å²) in [6, 6.07) is 0. The number of allylic oxidation sites excluding steroid dienone is 5. The molecular weight excluding hydrogens is 424 g/mol. The van der Waals surface area contributed by atoms with Gasteiger partial charge in [-0.25, -0.2) is 0 Å². The lowest BCUT2D eigenvalue weighted by atomic mass is 9.92. The number of aliphatic hydroxyl groups is 5. The van der Waals surface area contributed by atoms with Crippen LogP contribution in [0.1, 0.15) is 72.6 Å². The molecule has 1 fully saturated rings. The Kier molecular flexibility index (Phi) is 14.3. The van der Waals surface area contributed by atoms with Crippen LogP contribution in [0.4, 0.5) is 0 Å². The first kappa shape index (κ1) is 30.0. The van der Waals surface area contributed by atoms with Crippen molar-refractivity contribution in [3.8, 4) is 0 Å². The van der Waals surface area contributed by atoms with Crippen LogP contribution in [0.15, 0.2) is 36.0 Å². The highest BCUT2D eigenvalue weighted by molar-refractivity contribution is 5.03. The lowest BCUT2D eigenvalue weighted by Crippen LogP contribution is -2.59. The minimum Gasteiger partial charge on any atom is -0.394 e. The third kappa shape index (κ3) is 12.8. The van der Waals surface area contributed by atoms with Crippen molar-refractivity contribution in [3.63, 3.8) is 0 Å². The molecule has 0 aromatic heterocycles. The predicted molar refractivity (Wildman–Crippen MR) is 130 cm³/mol. The lowest BCUT2D eigenvalue weighted by molar-refractivity contribution is -0.301. The zero-order valence-corrected chi connectivity index (χ0v) is 20.8. The Bertz CT molecular complexity index is 606. The van der Waals surface area contributed by atoms with Gasteiger partial charge < -0.3 is 35.0 Å². The average molecular weight is 471 g/mol. The van der Waals surface area contributed by atoms with Gasteiger partial charge in [0.1, 0.15) is 24.4 Å². The first-order chi connectivity index (χ1) is 15.5. The summed E-state index contributed by atoms with van der Waals surface area (Å²) in [6.07, 6.45) is 9.95. The molecule has 0 amide bonds. The van der Waals surface area contributed by atoms with Crippen molar-refractivity contribution in [1.82, 2.24) is 0 Å². The van der Waals surface area contributed by atoms with E-state index in [1.807, 2.05) is 6.08 Å². The molecule has 1 aliphatic rings. The third-order valence-electron chi connectivity index (χ3n) is 5.44. The molecule has 7 heteroatoms. The van der Waals surface area contributed by atoms with Gasteiger partial charge in [0.2, 0.25) is 0 Å². The highest BCUT2D eigenvalue weighted by Crippen LogP contribution is 2.22. The fraction of sp³-hybridized carbons (Fsp3) is 0.769. The van der Waals surface area contributed by atoms with E-state index >= 15 is 0 Å². The second-order valence-corrected chi connectivity index (χ2v) is 10.0. The molecule has 2 unspecified atom stereocenters. The summed E-state index contributed by atoms with van der Waals surface area (Å²) < 4.78 is 10.6. The van der Waals surface area contributed by atoms with Gasteiger partial charge in [0.05, 0.1) is 19.3 Å². The maximum Gasteiger partial charge on any atom is 0.186 e. The number of rotatable bonds is 14. The summed E-state index contributed by atoms with van der Waals surface area (Å²) in [5.74, 6) is 0. The Morgan fingerprint density at radius 2 is 1.64 bits per heavy atom. The number of hydrogen-bond donors (Lipinski definition) is 5. The molecule has 1 heterocycles. The average Bonchev–Trinajstić information content (AvgIpc) is 2.73. The van der Waals surface area contributed by atoms with Crippen LogP contribution in [0.2, 0.25) is 0 Å². The summed E-state index contributed by atoms with van der Waals surface area (Å²) in [5.41, 5.74) is 1.72. The Morgan fingerprint density at radius 1 is 0.970 bits per heavy atom. The largest absolute Gasteiger partial charge is 0.394 e. The lowest BCUT2D eigenvalue weighted by Gasteiger charge is -2.39. The van der Waals surface area contributed by atoms with Crippen LogP contribution in [-0.2, 0) is 9.47 Å². The van der Waals surface area contributed by atoms with Gasteiger partial charge in [0.15, 0.2) is 6.29 Å². The second kappa shape index (κ2) is 15.8. The molecule has 33 heavy (non-hydrogen) atoms. The molecule has 1 rings (SSSR count). The molecule has 0 bridgehead atoms. The Balaban J connectivity index is 2.12. The van der Waals surface area contributed by atoms with Crippen LogP contribution in [0.25, 0.3) is 0 Å². The molecule has 6 atom stereocenters. The zero-order valence-electron chi connectivity index (χ0n) is 20.8. The van der Waals surface area contributed by atoms with Crippen molar-refractivity contribution in [2.75, 3.05) is 13.2 Å². The first-order valence-corrected chi connectivity index (χ1v) is 12.2. The number of hydrogen-bond acceptors (Lipinski definition) is 7. The van der Waals surface area contributed by atoms with Crippen LogP contribution >= 0.6 is 0 Å². The van der Waals surface area contributed by atoms with E-state index in [9.17, 15) is 25.5 Å². The van der Waals surface area contributed by atoms with E-state index in [0.29, 0.717) is 6.42 Å². The maximum atomic E-state index is 10.0. The first-order valence-electron chi connectivity index (χ1n) is 12.2. The Labute approximate surface area is 199 Å². The van der Waals surface area contributed by atoms with Gasteiger partial charge in [-0.05, 0) is 50.9 Å². The quantitative estimate of drug-likeness (QED) is 0.196. The van der Waals surface area contributed by atoms with Crippen molar-refractivity contribution in [3.05, 3.63) is 36.0 Å². The van der Waals surface area contributed by atoms with Crippen molar-refractivity contribution in [1.29, 1.82) is 0 Å². The van der Waals surface area contributed by atoms with E-state index in [2.05, 4.69) is 45.9 Å². The number of aliphatic hydroxyl groups excluding tert-OH is 5. The molecular formula is C26H46O7. The monoisotopic (exact) mass is 470 g/mol. The molecule has 192 valence electrons. The Morgan fingerprint density at radius 3 is 2.30 bits per heavy atom. The van der Waals surface area contributed by atoms with Crippen LogP contribution in [-0.4, -0.2) is 75.6 Å². The number of unbranched alkanes of at least 4 members (excludes halogenated alkanes) is 3. The molecule has 0 aromatic carbocycles. The zero-order chi connectivity index (χ0) is 24.9. The van der Waals surface area contributed by atoms with Crippen LogP contribution < -0.4 is 0 Å². The molecule has 1 saturated heterocycles. The topological polar surface area (TPSA) is 120 Å². The van der Waals surface area contributed by atoms with Gasteiger partial charge >= 0.3 is 0 Å². The fourth-order valence-corrected chi connectivity index (χ4v) is 3.77. The predicted octanol–water partition coefficient (Wildman–Crippen LogP) is 3.00. The smallest absolute Gasteiger partial charge is 0.186 e. The van der Waals surface area contributed by atoms with Crippen LogP contribution in [0, 0.1) is 5.41 Å². The third-order valence-corrected chi connectivity index (χ3v) is 5.44. The van der Waals surface area contributed by atoms with Crippen LogP contribution in [0.3, 0.4) is 0 Å². The summed E-state index contributed by atoms with van der Waals surface area (Å²) in [7, 11) is 0. The van der Waals surface area contributed by atoms with E-state index < -0.39 is 43.4 Å². The van der Waals surface area contributed by atoms with Gasteiger partial charge in [0, 0.05) is 6.42 Å². The summed E-state index contributed by atoms with van der Waals surface area (Å²) in [6.45, 7) is 8.49. The van der Waals surface area contributed by atoms with Crippen molar-refractivity contribution in [2.24, 2.45) is 5.41 Å². The highest BCUT2D eigenvalue weighted by atomic mass is 16.7. The van der Waals surface area contributed by atoms with E-state index in [0.717, 1.165) is 25.7 Å².